The van der Waals surface area contributed by atoms with Gasteiger partial charge in [0.25, 0.3) is 0 Å². The van der Waals surface area contributed by atoms with Gasteiger partial charge in [0.05, 0.1) is 23.3 Å². The number of nitrogen functional groups attached to an aromatic ring is 1. The summed E-state index contributed by atoms with van der Waals surface area (Å²) in [5.74, 6) is 3.38. The molecule has 82 valence electrons. The van der Waals surface area contributed by atoms with E-state index in [1.807, 2.05) is 23.5 Å². The van der Waals surface area contributed by atoms with Crippen LogP contribution in [0.4, 0.5) is 5.69 Å². The van der Waals surface area contributed by atoms with E-state index >= 15 is 0 Å². The van der Waals surface area contributed by atoms with Gasteiger partial charge in [0.1, 0.15) is 5.82 Å². The molecular weight excluding hydrogens is 226 g/mol. The second-order valence-electron chi connectivity index (χ2n) is 3.48. The Morgan fingerprint density at radius 3 is 2.67 bits per heavy atom. The van der Waals surface area contributed by atoms with Gasteiger partial charge in [-0.05, 0) is 6.42 Å². The maximum Gasteiger partial charge on any atom is 0.142 e. The van der Waals surface area contributed by atoms with E-state index in [0.29, 0.717) is 16.2 Å². The third-order valence-corrected chi connectivity index (χ3v) is 5.64. The average molecular weight is 241 g/mol. The van der Waals surface area contributed by atoms with Gasteiger partial charge in [0.2, 0.25) is 0 Å². The second kappa shape index (κ2) is 5.07. The van der Waals surface area contributed by atoms with E-state index in [1.54, 1.807) is 12.4 Å². The zero-order chi connectivity index (χ0) is 10.7. The first kappa shape index (κ1) is 11.1. The summed E-state index contributed by atoms with van der Waals surface area (Å²) in [7, 11) is 0. The summed E-state index contributed by atoms with van der Waals surface area (Å²) in [5.41, 5.74) is 6.23. The molecule has 5 heteroatoms. The zero-order valence-electron chi connectivity index (χ0n) is 8.72. The third kappa shape index (κ3) is 2.58. The van der Waals surface area contributed by atoms with Gasteiger partial charge in [0.15, 0.2) is 0 Å². The summed E-state index contributed by atoms with van der Waals surface area (Å²) in [6, 6.07) is 0. The molecule has 0 radical (unpaired) electrons. The van der Waals surface area contributed by atoms with Crippen LogP contribution in [0.25, 0.3) is 0 Å². The Labute approximate surface area is 98.6 Å². The molecule has 15 heavy (non-hydrogen) atoms. The first-order chi connectivity index (χ1) is 7.31. The van der Waals surface area contributed by atoms with Gasteiger partial charge in [-0.2, -0.15) is 11.8 Å². The number of aromatic nitrogens is 2. The molecule has 1 aromatic heterocycles. The van der Waals surface area contributed by atoms with Crippen LogP contribution in [-0.4, -0.2) is 26.7 Å². The SMILES string of the molecule is CCC1SCCSC1c1ncc(N)cn1. The standard InChI is InChI=1S/C10H15N3S2/c1-2-8-9(15-4-3-14-8)10-12-5-7(11)6-13-10/h5-6,8-9H,2-4,11H2,1H3. The average Bonchev–Trinajstić information content (AvgIpc) is 2.30. The van der Waals surface area contributed by atoms with Gasteiger partial charge in [0, 0.05) is 16.8 Å². The van der Waals surface area contributed by atoms with Crippen LogP contribution < -0.4 is 5.73 Å². The van der Waals surface area contributed by atoms with Crippen molar-refractivity contribution in [2.24, 2.45) is 0 Å². The third-order valence-electron chi connectivity index (χ3n) is 2.40. The summed E-state index contributed by atoms with van der Waals surface area (Å²) < 4.78 is 0. The number of thioether (sulfide) groups is 2. The fourth-order valence-corrected chi connectivity index (χ4v) is 4.64. The molecule has 2 atom stereocenters. The van der Waals surface area contributed by atoms with Crippen molar-refractivity contribution in [3.05, 3.63) is 18.2 Å². The van der Waals surface area contributed by atoms with Gasteiger partial charge in [-0.25, -0.2) is 9.97 Å². The highest BCUT2D eigenvalue weighted by Gasteiger charge is 2.28. The largest absolute Gasteiger partial charge is 0.396 e. The number of hydrogen-bond donors (Lipinski definition) is 1. The molecule has 0 aliphatic carbocycles. The molecular formula is C10H15N3S2. The predicted molar refractivity (Wildman–Crippen MR) is 68.2 cm³/mol. The lowest BCUT2D eigenvalue weighted by molar-refractivity contribution is 0.750. The summed E-state index contributed by atoms with van der Waals surface area (Å²) in [4.78, 5) is 8.66. The van der Waals surface area contributed by atoms with E-state index in [2.05, 4.69) is 16.9 Å². The van der Waals surface area contributed by atoms with Crippen LogP contribution in [0.15, 0.2) is 12.4 Å². The molecule has 0 amide bonds. The van der Waals surface area contributed by atoms with Crippen LogP contribution >= 0.6 is 23.5 Å². The molecule has 3 nitrogen and oxygen atoms in total. The lowest BCUT2D eigenvalue weighted by Crippen LogP contribution is -2.20. The van der Waals surface area contributed by atoms with Crippen molar-refractivity contribution in [2.75, 3.05) is 17.2 Å². The topological polar surface area (TPSA) is 51.8 Å². The lowest BCUT2D eigenvalue weighted by atomic mass is 10.2. The molecule has 2 unspecified atom stereocenters. The quantitative estimate of drug-likeness (QED) is 0.861. The van der Waals surface area contributed by atoms with Crippen molar-refractivity contribution < 1.29 is 0 Å². The van der Waals surface area contributed by atoms with E-state index in [1.165, 1.54) is 17.9 Å². The smallest absolute Gasteiger partial charge is 0.142 e. The normalized spacial score (nSPS) is 26.5. The number of anilines is 1. The Balaban J connectivity index is 2.16. The Morgan fingerprint density at radius 1 is 1.33 bits per heavy atom. The van der Waals surface area contributed by atoms with E-state index < -0.39 is 0 Å². The number of nitrogens with zero attached hydrogens (tertiary/aromatic N) is 2. The Kier molecular flexibility index (Phi) is 3.75. The van der Waals surface area contributed by atoms with Crippen molar-refractivity contribution in [3.63, 3.8) is 0 Å². The summed E-state index contributed by atoms with van der Waals surface area (Å²) >= 11 is 4.01. The van der Waals surface area contributed by atoms with Crippen LogP contribution in [0.1, 0.15) is 24.4 Å². The molecule has 0 saturated carbocycles. The number of rotatable bonds is 2. The molecule has 0 bridgehead atoms. The van der Waals surface area contributed by atoms with E-state index in [4.69, 9.17) is 5.73 Å². The highest BCUT2D eigenvalue weighted by Crippen LogP contribution is 2.42. The molecule has 1 fully saturated rings. The minimum absolute atomic E-state index is 0.439. The van der Waals surface area contributed by atoms with Gasteiger partial charge >= 0.3 is 0 Å². The highest BCUT2D eigenvalue weighted by atomic mass is 32.2. The van der Waals surface area contributed by atoms with Gasteiger partial charge in [-0.3, -0.25) is 0 Å². The predicted octanol–water partition coefficient (Wildman–Crippen LogP) is 2.36. The monoisotopic (exact) mass is 241 g/mol. The second-order valence-corrected chi connectivity index (χ2v) is 6.08. The molecule has 0 aromatic carbocycles. The Bertz CT molecular complexity index is 315. The number of hydrogen-bond acceptors (Lipinski definition) is 5. The number of nitrogens with two attached hydrogens (primary N) is 1. The summed E-state index contributed by atoms with van der Waals surface area (Å²) in [6.07, 6.45) is 4.58. The van der Waals surface area contributed by atoms with Crippen molar-refractivity contribution in [2.45, 2.75) is 23.8 Å². The minimum Gasteiger partial charge on any atom is -0.396 e. The minimum atomic E-state index is 0.439. The first-order valence-corrected chi connectivity index (χ1v) is 7.21. The first-order valence-electron chi connectivity index (χ1n) is 5.12. The molecule has 2 heterocycles. The fourth-order valence-electron chi connectivity index (χ4n) is 1.64. The van der Waals surface area contributed by atoms with Crippen molar-refractivity contribution >= 4 is 29.2 Å². The van der Waals surface area contributed by atoms with E-state index in [0.717, 1.165) is 5.82 Å². The summed E-state index contributed by atoms with van der Waals surface area (Å²) in [6.45, 7) is 2.23. The van der Waals surface area contributed by atoms with Crippen LogP contribution in [-0.2, 0) is 0 Å². The van der Waals surface area contributed by atoms with Gasteiger partial charge in [-0.1, -0.05) is 6.92 Å². The van der Waals surface area contributed by atoms with E-state index in [9.17, 15) is 0 Å². The molecule has 1 aliphatic rings. The lowest BCUT2D eigenvalue weighted by Gasteiger charge is -2.28. The highest BCUT2D eigenvalue weighted by molar-refractivity contribution is 8.06. The van der Waals surface area contributed by atoms with Crippen LogP contribution in [0.3, 0.4) is 0 Å². The molecule has 0 spiro atoms. The zero-order valence-corrected chi connectivity index (χ0v) is 10.4. The maximum atomic E-state index is 5.59. The molecule has 1 aliphatic heterocycles. The van der Waals surface area contributed by atoms with Crippen LogP contribution in [0.2, 0.25) is 0 Å². The Hall–Kier alpha value is -0.420. The fraction of sp³-hybridized carbons (Fsp3) is 0.600. The van der Waals surface area contributed by atoms with Crippen molar-refractivity contribution in [3.8, 4) is 0 Å². The van der Waals surface area contributed by atoms with E-state index in [-0.39, 0.29) is 0 Å². The van der Waals surface area contributed by atoms with Crippen molar-refractivity contribution in [1.29, 1.82) is 0 Å². The maximum absolute atomic E-state index is 5.59. The summed E-state index contributed by atoms with van der Waals surface area (Å²) in [5, 5.41) is 1.08. The van der Waals surface area contributed by atoms with Gasteiger partial charge < -0.3 is 5.73 Å². The van der Waals surface area contributed by atoms with Crippen molar-refractivity contribution in [1.82, 2.24) is 9.97 Å². The molecule has 2 rings (SSSR count). The van der Waals surface area contributed by atoms with Crippen LogP contribution in [0, 0.1) is 0 Å². The molecule has 2 N–H and O–H groups in total. The van der Waals surface area contributed by atoms with Crippen LogP contribution in [0.5, 0.6) is 0 Å². The Morgan fingerprint density at radius 2 is 2.00 bits per heavy atom. The molecule has 1 saturated heterocycles. The van der Waals surface area contributed by atoms with Gasteiger partial charge in [-0.15, -0.1) is 11.8 Å². The molecule has 1 aromatic rings.